The number of carbonyl (C=O) groups is 1. The summed E-state index contributed by atoms with van der Waals surface area (Å²) in [6, 6.07) is -0.126. The maximum Gasteiger partial charge on any atom is 0.237 e. The molecule has 0 bridgehead atoms. The average Bonchev–Trinajstić information content (AvgIpc) is 2.28. The molecule has 0 aliphatic heterocycles. The molecule has 1 aliphatic rings. The fourth-order valence-corrected chi connectivity index (χ4v) is 2.15. The zero-order valence-corrected chi connectivity index (χ0v) is 9.54. The average molecular weight is 213 g/mol. The molecule has 1 fully saturated rings. The number of hydrogen-bond donors (Lipinski definition) is 3. The maximum absolute atomic E-state index is 11.6. The first-order valence-corrected chi connectivity index (χ1v) is 5.95. The van der Waals surface area contributed by atoms with Crippen LogP contribution < -0.4 is 16.8 Å². The molecule has 88 valence electrons. The van der Waals surface area contributed by atoms with E-state index in [2.05, 4.69) is 5.32 Å². The van der Waals surface area contributed by atoms with Crippen molar-refractivity contribution in [2.45, 2.75) is 51.1 Å². The second-order valence-corrected chi connectivity index (χ2v) is 4.41. The van der Waals surface area contributed by atoms with E-state index in [9.17, 15) is 4.79 Å². The van der Waals surface area contributed by atoms with Crippen molar-refractivity contribution in [1.29, 1.82) is 0 Å². The second kappa shape index (κ2) is 6.08. The molecule has 4 heteroatoms. The number of nitrogens with one attached hydrogen (secondary N) is 1. The van der Waals surface area contributed by atoms with Crippen LogP contribution in [-0.2, 0) is 4.79 Å². The highest BCUT2D eigenvalue weighted by molar-refractivity contribution is 5.81. The van der Waals surface area contributed by atoms with Gasteiger partial charge in [-0.15, -0.1) is 0 Å². The zero-order valence-electron chi connectivity index (χ0n) is 9.54. The second-order valence-electron chi connectivity index (χ2n) is 4.41. The molecule has 0 aromatic rings. The lowest BCUT2D eigenvalue weighted by Gasteiger charge is -2.32. The lowest BCUT2D eigenvalue weighted by molar-refractivity contribution is -0.123. The zero-order chi connectivity index (χ0) is 11.3. The van der Waals surface area contributed by atoms with Crippen LogP contribution in [0.5, 0.6) is 0 Å². The van der Waals surface area contributed by atoms with Gasteiger partial charge in [-0.3, -0.25) is 4.79 Å². The van der Waals surface area contributed by atoms with E-state index < -0.39 is 0 Å². The molecular weight excluding hydrogens is 190 g/mol. The third-order valence-corrected chi connectivity index (χ3v) is 3.32. The smallest absolute Gasteiger partial charge is 0.237 e. The molecule has 1 rings (SSSR count). The van der Waals surface area contributed by atoms with Gasteiger partial charge in [0.15, 0.2) is 0 Å². The summed E-state index contributed by atoms with van der Waals surface area (Å²) in [7, 11) is 0. The van der Waals surface area contributed by atoms with Crippen LogP contribution in [0.15, 0.2) is 0 Å². The van der Waals surface area contributed by atoms with Crippen molar-refractivity contribution in [2.75, 3.05) is 6.54 Å². The van der Waals surface area contributed by atoms with Crippen LogP contribution in [0.3, 0.4) is 0 Å². The Bertz CT molecular complexity index is 208. The van der Waals surface area contributed by atoms with Crippen LogP contribution in [-0.4, -0.2) is 24.5 Å². The van der Waals surface area contributed by atoms with Crippen molar-refractivity contribution in [3.8, 4) is 0 Å². The van der Waals surface area contributed by atoms with Crippen molar-refractivity contribution < 1.29 is 4.79 Å². The summed E-state index contributed by atoms with van der Waals surface area (Å²) < 4.78 is 0. The highest BCUT2D eigenvalue weighted by Crippen LogP contribution is 2.23. The maximum atomic E-state index is 11.6. The van der Waals surface area contributed by atoms with E-state index >= 15 is 0 Å². The first-order chi connectivity index (χ1) is 7.19. The Morgan fingerprint density at radius 3 is 2.73 bits per heavy atom. The molecule has 1 saturated carbocycles. The molecule has 15 heavy (non-hydrogen) atoms. The molecule has 1 aliphatic carbocycles. The van der Waals surface area contributed by atoms with Gasteiger partial charge in [-0.2, -0.15) is 0 Å². The largest absolute Gasteiger partial charge is 0.352 e. The van der Waals surface area contributed by atoms with Gasteiger partial charge in [0.25, 0.3) is 0 Å². The summed E-state index contributed by atoms with van der Waals surface area (Å²) in [4.78, 5) is 11.6. The molecule has 0 saturated heterocycles. The molecule has 1 amide bonds. The highest BCUT2D eigenvalue weighted by Gasteiger charge is 2.26. The predicted octanol–water partition coefficient (Wildman–Crippen LogP) is 0.357. The Balaban J connectivity index is 2.44. The fraction of sp³-hybridized carbons (Fsp3) is 0.909. The minimum absolute atomic E-state index is 0.0251. The van der Waals surface area contributed by atoms with Gasteiger partial charge < -0.3 is 16.8 Å². The van der Waals surface area contributed by atoms with Crippen molar-refractivity contribution in [3.05, 3.63) is 0 Å². The topological polar surface area (TPSA) is 81.1 Å². The quantitative estimate of drug-likeness (QED) is 0.630. The monoisotopic (exact) mass is 213 g/mol. The van der Waals surface area contributed by atoms with Gasteiger partial charge in [0, 0.05) is 6.04 Å². The Morgan fingerprint density at radius 1 is 1.47 bits per heavy atom. The van der Waals surface area contributed by atoms with Crippen molar-refractivity contribution in [3.63, 3.8) is 0 Å². The summed E-state index contributed by atoms with van der Waals surface area (Å²) in [6.45, 7) is 2.58. The van der Waals surface area contributed by atoms with E-state index in [-0.39, 0.29) is 18.0 Å². The molecule has 0 radical (unpaired) electrons. The summed E-state index contributed by atoms with van der Waals surface area (Å²) >= 11 is 0. The molecule has 0 aromatic carbocycles. The van der Waals surface area contributed by atoms with Crippen molar-refractivity contribution in [2.24, 2.45) is 17.4 Å². The Morgan fingerprint density at radius 2 is 2.13 bits per heavy atom. The Kier molecular flexibility index (Phi) is 5.05. The molecule has 0 aromatic heterocycles. The van der Waals surface area contributed by atoms with Crippen molar-refractivity contribution in [1.82, 2.24) is 5.32 Å². The van der Waals surface area contributed by atoms with Crippen LogP contribution in [0.2, 0.25) is 0 Å². The first kappa shape index (κ1) is 12.5. The standard InChI is InChI=1S/C11H23N3O/c1-2-9(13)11(15)14-10-6-4-3-5-8(10)7-12/h8-10H,2-7,12-13H2,1H3,(H,14,15)/t8?,9-,10?/m0/s1. The molecule has 0 spiro atoms. The van der Waals surface area contributed by atoms with E-state index in [1.54, 1.807) is 0 Å². The number of carbonyl (C=O) groups excluding carboxylic acids is 1. The van der Waals surface area contributed by atoms with Gasteiger partial charge in [0.05, 0.1) is 6.04 Å². The van der Waals surface area contributed by atoms with E-state index in [4.69, 9.17) is 11.5 Å². The first-order valence-electron chi connectivity index (χ1n) is 5.95. The molecule has 4 nitrogen and oxygen atoms in total. The van der Waals surface area contributed by atoms with Gasteiger partial charge in [-0.1, -0.05) is 19.8 Å². The highest BCUT2D eigenvalue weighted by atomic mass is 16.2. The number of rotatable bonds is 4. The van der Waals surface area contributed by atoms with Crippen LogP contribution in [0.4, 0.5) is 0 Å². The van der Waals surface area contributed by atoms with E-state index in [0.717, 1.165) is 12.8 Å². The predicted molar refractivity (Wildman–Crippen MR) is 61.2 cm³/mol. The van der Waals surface area contributed by atoms with Gasteiger partial charge in [0.2, 0.25) is 5.91 Å². The van der Waals surface area contributed by atoms with Gasteiger partial charge >= 0.3 is 0 Å². The molecule has 3 atom stereocenters. The summed E-state index contributed by atoms with van der Waals surface area (Å²) in [5.74, 6) is 0.412. The summed E-state index contributed by atoms with van der Waals surface area (Å²) in [5.41, 5.74) is 11.4. The van der Waals surface area contributed by atoms with Gasteiger partial charge in [-0.05, 0) is 31.7 Å². The summed E-state index contributed by atoms with van der Waals surface area (Å²) in [6.07, 6.45) is 5.27. The number of nitrogens with two attached hydrogens (primary N) is 2. The molecule has 2 unspecified atom stereocenters. The Hall–Kier alpha value is -0.610. The minimum Gasteiger partial charge on any atom is -0.352 e. The van der Waals surface area contributed by atoms with Crippen molar-refractivity contribution >= 4 is 5.91 Å². The van der Waals surface area contributed by atoms with Crippen LogP contribution in [0.25, 0.3) is 0 Å². The van der Waals surface area contributed by atoms with Crippen LogP contribution >= 0.6 is 0 Å². The molecule has 5 N–H and O–H groups in total. The molecular formula is C11H23N3O. The van der Waals surface area contributed by atoms with E-state index in [0.29, 0.717) is 18.9 Å². The lowest BCUT2D eigenvalue weighted by atomic mass is 9.84. The number of hydrogen-bond acceptors (Lipinski definition) is 3. The van der Waals surface area contributed by atoms with E-state index in [1.165, 1.54) is 12.8 Å². The summed E-state index contributed by atoms with van der Waals surface area (Å²) in [5, 5.41) is 3.03. The normalized spacial score (nSPS) is 28.5. The van der Waals surface area contributed by atoms with E-state index in [1.807, 2.05) is 6.92 Å². The minimum atomic E-state index is -0.370. The third-order valence-electron chi connectivity index (χ3n) is 3.32. The SMILES string of the molecule is CC[C@H](N)C(=O)NC1CCCCC1CN. The van der Waals surface area contributed by atoms with Crippen LogP contribution in [0, 0.1) is 5.92 Å². The van der Waals surface area contributed by atoms with Gasteiger partial charge in [-0.25, -0.2) is 0 Å². The van der Waals surface area contributed by atoms with Gasteiger partial charge in [0.1, 0.15) is 0 Å². The Labute approximate surface area is 91.8 Å². The lowest BCUT2D eigenvalue weighted by Crippen LogP contribution is -2.50. The van der Waals surface area contributed by atoms with Crippen LogP contribution in [0.1, 0.15) is 39.0 Å². The fourth-order valence-electron chi connectivity index (χ4n) is 2.15. The third kappa shape index (κ3) is 3.47. The number of amides is 1. The molecule has 0 heterocycles.